The third kappa shape index (κ3) is 68.0. The van der Waals surface area contributed by atoms with Crippen LogP contribution in [0.15, 0.2) is 146 Å². The molecular weight excluding hydrogens is 1020 g/mol. The van der Waals surface area contributed by atoms with E-state index in [0.717, 1.165) is 167 Å². The molecule has 470 valence electrons. The molecule has 6 nitrogen and oxygen atoms in total. The zero-order valence-corrected chi connectivity index (χ0v) is 53.9. The first-order valence-electron chi connectivity index (χ1n) is 34.3. The molecule has 0 aromatic heterocycles. The summed E-state index contributed by atoms with van der Waals surface area (Å²) in [6.45, 7) is 6.43. The summed E-state index contributed by atoms with van der Waals surface area (Å²) in [7, 11) is 0. The van der Waals surface area contributed by atoms with Crippen LogP contribution < -0.4 is 0 Å². The Kier molecular flexibility index (Phi) is 65.8. The van der Waals surface area contributed by atoms with Gasteiger partial charge in [0.2, 0.25) is 0 Å². The predicted molar refractivity (Wildman–Crippen MR) is 362 cm³/mol. The molecule has 83 heavy (non-hydrogen) atoms. The summed E-state index contributed by atoms with van der Waals surface area (Å²) in [5.74, 6) is -0.931. The molecule has 0 aromatic rings. The van der Waals surface area contributed by atoms with Gasteiger partial charge in [-0.3, -0.25) is 14.4 Å². The van der Waals surface area contributed by atoms with Crippen LogP contribution in [0.5, 0.6) is 0 Å². The lowest BCUT2D eigenvalue weighted by Gasteiger charge is -2.18. The minimum Gasteiger partial charge on any atom is -0.462 e. The highest BCUT2D eigenvalue weighted by Gasteiger charge is 2.19. The maximum absolute atomic E-state index is 13.0. The highest BCUT2D eigenvalue weighted by atomic mass is 16.6. The average Bonchev–Trinajstić information content (AvgIpc) is 3.49. The van der Waals surface area contributed by atoms with Gasteiger partial charge in [-0.15, -0.1) is 0 Å². The fourth-order valence-electron chi connectivity index (χ4n) is 9.17. The van der Waals surface area contributed by atoms with Gasteiger partial charge in [0.25, 0.3) is 0 Å². The Bertz CT molecular complexity index is 1800. The number of hydrogen-bond acceptors (Lipinski definition) is 6. The van der Waals surface area contributed by atoms with Crippen molar-refractivity contribution in [3.8, 4) is 0 Å². The van der Waals surface area contributed by atoms with Crippen molar-refractivity contribution in [1.29, 1.82) is 0 Å². The molecule has 0 spiro atoms. The van der Waals surface area contributed by atoms with Crippen molar-refractivity contribution >= 4 is 17.9 Å². The maximum Gasteiger partial charge on any atom is 0.306 e. The van der Waals surface area contributed by atoms with Crippen molar-refractivity contribution in [2.24, 2.45) is 0 Å². The summed E-state index contributed by atoms with van der Waals surface area (Å²) >= 11 is 0. The molecule has 0 fully saturated rings. The van der Waals surface area contributed by atoms with E-state index in [1.165, 1.54) is 96.3 Å². The molecule has 0 aliphatic rings. The fourth-order valence-corrected chi connectivity index (χ4v) is 9.17. The second-order valence-electron chi connectivity index (χ2n) is 22.3. The van der Waals surface area contributed by atoms with Gasteiger partial charge < -0.3 is 14.2 Å². The second kappa shape index (κ2) is 69.8. The molecule has 1 atom stereocenters. The van der Waals surface area contributed by atoms with E-state index in [1.54, 1.807) is 0 Å². The highest BCUT2D eigenvalue weighted by Crippen LogP contribution is 2.15. The first kappa shape index (κ1) is 78.3. The number of carbonyl (C=O) groups is 3. The van der Waals surface area contributed by atoms with Crippen molar-refractivity contribution in [3.63, 3.8) is 0 Å². The smallest absolute Gasteiger partial charge is 0.306 e. The number of hydrogen-bond donors (Lipinski definition) is 0. The first-order valence-corrected chi connectivity index (χ1v) is 34.3. The van der Waals surface area contributed by atoms with E-state index in [1.807, 2.05) is 0 Å². The lowest BCUT2D eigenvalue weighted by molar-refractivity contribution is -0.167. The van der Waals surface area contributed by atoms with Crippen LogP contribution in [0.4, 0.5) is 0 Å². The molecule has 0 heterocycles. The Morgan fingerprint density at radius 3 is 0.783 bits per heavy atom. The second-order valence-corrected chi connectivity index (χ2v) is 22.3. The number of ether oxygens (including phenoxy) is 3. The van der Waals surface area contributed by atoms with Gasteiger partial charge in [-0.2, -0.15) is 0 Å². The van der Waals surface area contributed by atoms with E-state index in [9.17, 15) is 14.4 Å². The van der Waals surface area contributed by atoms with Crippen LogP contribution in [-0.2, 0) is 28.6 Å². The average molecular weight is 1150 g/mol. The van der Waals surface area contributed by atoms with Gasteiger partial charge in [0.05, 0.1) is 0 Å². The summed E-state index contributed by atoms with van der Waals surface area (Å²) in [4.78, 5) is 38.4. The quantitative estimate of drug-likeness (QED) is 0.0261. The normalized spacial score (nSPS) is 13.0. The lowest BCUT2D eigenvalue weighted by atomic mass is 10.0. The minimum absolute atomic E-state index is 0.0976. The molecule has 0 saturated carbocycles. The van der Waals surface area contributed by atoms with Gasteiger partial charge in [-0.05, 0) is 141 Å². The summed E-state index contributed by atoms with van der Waals surface area (Å²) in [6, 6.07) is 0. The molecule has 0 amide bonds. The summed E-state index contributed by atoms with van der Waals surface area (Å²) in [5.41, 5.74) is 0. The number of unbranched alkanes of at least 4 members (excludes halogenated alkanes) is 26. The third-order valence-electron chi connectivity index (χ3n) is 14.3. The van der Waals surface area contributed by atoms with E-state index in [4.69, 9.17) is 14.2 Å². The monoisotopic (exact) mass is 1150 g/mol. The lowest BCUT2D eigenvalue weighted by Crippen LogP contribution is -2.30. The number of esters is 3. The van der Waals surface area contributed by atoms with Gasteiger partial charge in [-0.1, -0.05) is 289 Å². The SMILES string of the molecule is CC/C=C\C/C=C\C/C=C\C/C=C\C/C=C\C/C=C\C/C=C\CCCCCCCC(=O)OCC(COC(=O)CCCCCCC/C=C\C/C=C\CCC)OC(=O)CCCCCCCCCCCC/C=C\C/C=C\C/C=C\CCCCCCC. The van der Waals surface area contributed by atoms with Crippen LogP contribution >= 0.6 is 0 Å². The zero-order valence-electron chi connectivity index (χ0n) is 53.9. The maximum atomic E-state index is 13.0. The van der Waals surface area contributed by atoms with Crippen LogP contribution in [0.3, 0.4) is 0 Å². The van der Waals surface area contributed by atoms with Gasteiger partial charge in [0.1, 0.15) is 13.2 Å². The van der Waals surface area contributed by atoms with E-state index in [2.05, 4.69) is 167 Å². The van der Waals surface area contributed by atoms with Crippen molar-refractivity contribution in [2.45, 2.75) is 309 Å². The Balaban J connectivity index is 4.39. The largest absolute Gasteiger partial charge is 0.462 e. The third-order valence-corrected chi connectivity index (χ3v) is 14.3. The van der Waals surface area contributed by atoms with Gasteiger partial charge in [-0.25, -0.2) is 0 Å². The molecule has 1 unspecified atom stereocenters. The van der Waals surface area contributed by atoms with Gasteiger partial charge in [0, 0.05) is 19.3 Å². The molecule has 0 radical (unpaired) electrons. The van der Waals surface area contributed by atoms with Crippen LogP contribution in [0, 0.1) is 0 Å². The van der Waals surface area contributed by atoms with Crippen molar-refractivity contribution in [1.82, 2.24) is 0 Å². The minimum atomic E-state index is -0.803. The molecule has 0 aromatic carbocycles. The van der Waals surface area contributed by atoms with Crippen molar-refractivity contribution in [3.05, 3.63) is 146 Å². The van der Waals surface area contributed by atoms with Crippen LogP contribution in [0.2, 0.25) is 0 Å². The molecule has 6 heteroatoms. The first-order chi connectivity index (χ1) is 41.0. The number of carbonyl (C=O) groups excluding carboxylic acids is 3. The van der Waals surface area contributed by atoms with E-state index in [0.29, 0.717) is 19.3 Å². The molecule has 0 aliphatic heterocycles. The Morgan fingerprint density at radius 1 is 0.253 bits per heavy atom. The van der Waals surface area contributed by atoms with E-state index >= 15 is 0 Å². The van der Waals surface area contributed by atoms with E-state index in [-0.39, 0.29) is 31.1 Å². The van der Waals surface area contributed by atoms with Crippen LogP contribution in [-0.4, -0.2) is 37.2 Å². The van der Waals surface area contributed by atoms with Gasteiger partial charge >= 0.3 is 17.9 Å². The molecular formula is C77H126O6. The molecule has 0 N–H and O–H groups in total. The highest BCUT2D eigenvalue weighted by molar-refractivity contribution is 5.71. The standard InChI is InChI=1S/C77H126O6/c1-4-7-10-13-16-19-22-25-27-29-31-33-35-37-38-40-41-43-45-47-49-52-55-58-61-64-67-70-76(79)82-73-74(72-81-75(78)69-66-63-60-57-54-51-24-21-18-15-12-9-6-3)83-77(80)71-68-65-62-59-56-53-50-48-46-44-42-39-36-34-32-30-28-26-23-20-17-14-11-8-5-2/h7,10,12,15-16,19,21,23-27,30-33,36-39,41,43,47,49,74H,4-6,8-9,11,13-14,17-18,20,22,28-29,34-35,40,42,44-46,48,50-73H2,1-3H3/b10-7-,15-12-,19-16-,24-21-,26-23-,27-25-,32-30-,33-31-,38-37-,39-36-,43-41-,49-47-. The van der Waals surface area contributed by atoms with Gasteiger partial charge in [0.15, 0.2) is 6.10 Å². The number of rotatable bonds is 61. The molecule has 0 rings (SSSR count). The van der Waals surface area contributed by atoms with Crippen LogP contribution in [0.1, 0.15) is 303 Å². The molecule has 0 aliphatic carbocycles. The topological polar surface area (TPSA) is 78.9 Å². The summed E-state index contributed by atoms with van der Waals surface area (Å²) in [5, 5.41) is 0. The van der Waals surface area contributed by atoms with E-state index < -0.39 is 6.10 Å². The Hall–Kier alpha value is -4.71. The summed E-state index contributed by atoms with van der Waals surface area (Å²) in [6.07, 6.45) is 100. The fraction of sp³-hybridized carbons (Fsp3) is 0.649. The predicted octanol–water partition coefficient (Wildman–Crippen LogP) is 23.9. The Labute approximate surface area is 512 Å². The Morgan fingerprint density at radius 2 is 0.494 bits per heavy atom. The van der Waals surface area contributed by atoms with Crippen molar-refractivity contribution < 1.29 is 28.6 Å². The summed E-state index contributed by atoms with van der Waals surface area (Å²) < 4.78 is 16.9. The molecule has 0 bridgehead atoms. The zero-order chi connectivity index (χ0) is 59.9. The molecule has 0 saturated heterocycles. The number of allylic oxidation sites excluding steroid dienone is 24. The van der Waals surface area contributed by atoms with Crippen molar-refractivity contribution in [2.75, 3.05) is 13.2 Å². The van der Waals surface area contributed by atoms with Crippen LogP contribution in [0.25, 0.3) is 0 Å².